The molecule has 0 unspecified atom stereocenters. The van der Waals surface area contributed by atoms with Crippen LogP contribution in [0.4, 0.5) is 5.69 Å². The third-order valence-corrected chi connectivity index (χ3v) is 5.44. The number of aromatic nitrogens is 2. The molecule has 1 aliphatic carbocycles. The molecule has 1 heterocycles. The maximum atomic E-state index is 12.3. The van der Waals surface area contributed by atoms with Gasteiger partial charge in [0.1, 0.15) is 0 Å². The summed E-state index contributed by atoms with van der Waals surface area (Å²) < 4.78 is 25.2. The maximum Gasteiger partial charge on any atom is 0.244 e. The highest BCUT2D eigenvalue weighted by molar-refractivity contribution is 7.90. The number of hydrogen-bond donors (Lipinski definition) is 2. The molecule has 1 fully saturated rings. The number of benzene rings is 1. The monoisotopic (exact) mass is 348 g/mol. The van der Waals surface area contributed by atoms with Crippen LogP contribution in [0.1, 0.15) is 25.7 Å². The summed E-state index contributed by atoms with van der Waals surface area (Å²) in [5.74, 6) is -0.226. The first-order valence-electron chi connectivity index (χ1n) is 7.74. The molecule has 8 heteroatoms. The Morgan fingerprint density at radius 2 is 1.96 bits per heavy atom. The number of hydrogen-bond acceptors (Lipinski definition) is 5. The summed E-state index contributed by atoms with van der Waals surface area (Å²) in [6, 6.07) is 6.58. The van der Waals surface area contributed by atoms with E-state index in [1.54, 1.807) is 24.4 Å². The van der Waals surface area contributed by atoms with Crippen LogP contribution < -0.4 is 11.1 Å². The van der Waals surface area contributed by atoms with Crippen LogP contribution in [0.15, 0.2) is 41.6 Å². The molecule has 1 aromatic carbocycles. The van der Waals surface area contributed by atoms with Crippen LogP contribution >= 0.6 is 0 Å². The van der Waals surface area contributed by atoms with Gasteiger partial charge in [-0.05, 0) is 25.0 Å². The molecule has 0 atom stereocenters. The topological polar surface area (TPSA) is 107 Å². The lowest BCUT2D eigenvalue weighted by Crippen LogP contribution is -2.48. The van der Waals surface area contributed by atoms with Crippen molar-refractivity contribution in [2.75, 3.05) is 11.6 Å². The molecule has 0 aliphatic heterocycles. The predicted molar refractivity (Wildman–Crippen MR) is 90.7 cm³/mol. The van der Waals surface area contributed by atoms with Gasteiger partial charge in [-0.2, -0.15) is 5.10 Å². The molecule has 7 nitrogen and oxygen atoms in total. The van der Waals surface area contributed by atoms with Gasteiger partial charge in [0, 0.05) is 6.26 Å². The molecule has 1 saturated carbocycles. The van der Waals surface area contributed by atoms with E-state index in [2.05, 4.69) is 10.4 Å². The summed E-state index contributed by atoms with van der Waals surface area (Å²) in [7, 11) is -3.39. The van der Waals surface area contributed by atoms with Crippen LogP contribution in [0.5, 0.6) is 0 Å². The van der Waals surface area contributed by atoms with Crippen molar-refractivity contribution in [2.24, 2.45) is 5.73 Å². The Labute approximate surface area is 140 Å². The number of rotatable bonds is 4. The third-order valence-electron chi connectivity index (χ3n) is 4.30. The second-order valence-electron chi connectivity index (χ2n) is 6.23. The van der Waals surface area contributed by atoms with Crippen molar-refractivity contribution in [1.82, 2.24) is 9.78 Å². The van der Waals surface area contributed by atoms with Crippen LogP contribution in [-0.2, 0) is 14.6 Å². The summed E-state index contributed by atoms with van der Waals surface area (Å²) >= 11 is 0. The summed E-state index contributed by atoms with van der Waals surface area (Å²) in [5.41, 5.74) is 6.22. The van der Waals surface area contributed by atoms with E-state index in [1.165, 1.54) is 16.9 Å². The zero-order valence-electron chi connectivity index (χ0n) is 13.4. The quantitative estimate of drug-likeness (QED) is 0.870. The number of para-hydroxylation sites is 1. The first kappa shape index (κ1) is 16.7. The minimum absolute atomic E-state index is 0.178. The number of anilines is 1. The first-order valence-corrected chi connectivity index (χ1v) is 9.63. The number of nitrogens with zero attached hydrogens (tertiary/aromatic N) is 2. The van der Waals surface area contributed by atoms with E-state index in [0.29, 0.717) is 24.2 Å². The number of carbonyl (C=O) groups excluding carboxylic acids is 1. The highest BCUT2D eigenvalue weighted by Gasteiger charge is 2.37. The smallest absolute Gasteiger partial charge is 0.244 e. The van der Waals surface area contributed by atoms with Crippen LogP contribution in [0.3, 0.4) is 0 Å². The summed E-state index contributed by atoms with van der Waals surface area (Å²) in [4.78, 5) is 12.5. The Kier molecular flexibility index (Phi) is 4.18. The molecule has 128 valence electrons. The van der Waals surface area contributed by atoms with Crippen molar-refractivity contribution in [3.8, 4) is 5.69 Å². The molecule has 0 bridgehead atoms. The minimum atomic E-state index is -3.39. The van der Waals surface area contributed by atoms with Gasteiger partial charge in [0.15, 0.2) is 9.84 Å². The number of nitrogens with one attached hydrogen (secondary N) is 1. The van der Waals surface area contributed by atoms with Crippen molar-refractivity contribution in [2.45, 2.75) is 36.1 Å². The van der Waals surface area contributed by atoms with Gasteiger partial charge in [-0.3, -0.25) is 4.79 Å². The van der Waals surface area contributed by atoms with E-state index < -0.39 is 15.4 Å². The Hall–Kier alpha value is -2.19. The van der Waals surface area contributed by atoms with E-state index in [0.717, 1.165) is 19.1 Å². The molecule has 1 amide bonds. The van der Waals surface area contributed by atoms with Gasteiger partial charge >= 0.3 is 0 Å². The normalized spacial score (nSPS) is 16.9. The number of sulfone groups is 1. The summed E-state index contributed by atoms with van der Waals surface area (Å²) in [5, 5.41) is 6.94. The largest absolute Gasteiger partial charge is 0.322 e. The van der Waals surface area contributed by atoms with Crippen molar-refractivity contribution in [3.05, 3.63) is 36.7 Å². The fraction of sp³-hybridized carbons (Fsp3) is 0.375. The van der Waals surface area contributed by atoms with Crippen LogP contribution in [0.25, 0.3) is 5.69 Å². The summed E-state index contributed by atoms with van der Waals surface area (Å²) in [6.45, 7) is 0. The molecule has 0 saturated heterocycles. The average molecular weight is 348 g/mol. The molecule has 0 radical (unpaired) electrons. The molecule has 1 aromatic heterocycles. The van der Waals surface area contributed by atoms with Crippen molar-refractivity contribution < 1.29 is 13.2 Å². The zero-order valence-corrected chi connectivity index (χ0v) is 14.2. The van der Waals surface area contributed by atoms with Crippen LogP contribution in [-0.4, -0.2) is 35.9 Å². The van der Waals surface area contributed by atoms with Gasteiger partial charge in [-0.15, -0.1) is 0 Å². The molecule has 3 rings (SSSR count). The molecular formula is C16H20N4O3S. The van der Waals surface area contributed by atoms with Crippen LogP contribution in [0.2, 0.25) is 0 Å². The van der Waals surface area contributed by atoms with Gasteiger partial charge in [-0.1, -0.05) is 25.0 Å². The molecule has 0 spiro atoms. The number of nitrogens with two attached hydrogens (primary N) is 1. The van der Waals surface area contributed by atoms with Gasteiger partial charge in [-0.25, -0.2) is 13.1 Å². The Balaban J connectivity index is 1.86. The Morgan fingerprint density at radius 3 is 2.62 bits per heavy atom. The maximum absolute atomic E-state index is 12.3. The Bertz CT molecular complexity index is 867. The summed E-state index contributed by atoms with van der Waals surface area (Å²) in [6.07, 6.45) is 7.45. The van der Waals surface area contributed by atoms with Crippen molar-refractivity contribution in [3.63, 3.8) is 0 Å². The fourth-order valence-electron chi connectivity index (χ4n) is 2.97. The van der Waals surface area contributed by atoms with Crippen molar-refractivity contribution in [1.29, 1.82) is 0 Å². The lowest BCUT2D eigenvalue weighted by molar-refractivity contribution is -0.121. The number of amides is 1. The highest BCUT2D eigenvalue weighted by Crippen LogP contribution is 2.28. The SMILES string of the molecule is CS(=O)(=O)c1ccccc1-n1cc(NC(=O)C2(N)CCCC2)cn1. The van der Waals surface area contributed by atoms with E-state index in [9.17, 15) is 13.2 Å². The minimum Gasteiger partial charge on any atom is -0.322 e. The molecule has 3 N–H and O–H groups in total. The second kappa shape index (κ2) is 6.03. The first-order chi connectivity index (χ1) is 11.3. The predicted octanol–water partition coefficient (Wildman–Crippen LogP) is 1.49. The average Bonchev–Trinajstić information content (AvgIpc) is 3.16. The Morgan fingerprint density at radius 1 is 1.29 bits per heavy atom. The standard InChI is InChI=1S/C16H20N4O3S/c1-24(22,23)14-7-3-2-6-13(14)20-11-12(10-18-20)19-15(21)16(17)8-4-5-9-16/h2-3,6-7,10-11H,4-5,8-9,17H2,1H3,(H,19,21). The van der Waals surface area contributed by atoms with E-state index in [1.807, 2.05) is 0 Å². The van der Waals surface area contributed by atoms with Crippen LogP contribution in [0, 0.1) is 0 Å². The molecule has 1 aliphatic rings. The third kappa shape index (κ3) is 3.20. The van der Waals surface area contributed by atoms with Crippen molar-refractivity contribution >= 4 is 21.4 Å². The van der Waals surface area contributed by atoms with E-state index in [-0.39, 0.29) is 10.8 Å². The van der Waals surface area contributed by atoms with E-state index >= 15 is 0 Å². The lowest BCUT2D eigenvalue weighted by atomic mass is 9.98. The molecule has 24 heavy (non-hydrogen) atoms. The molecule has 2 aromatic rings. The zero-order chi connectivity index (χ0) is 17.4. The van der Waals surface area contributed by atoms with Gasteiger partial charge in [0.25, 0.3) is 0 Å². The van der Waals surface area contributed by atoms with E-state index in [4.69, 9.17) is 5.73 Å². The fourth-order valence-corrected chi connectivity index (χ4v) is 3.83. The van der Waals surface area contributed by atoms with Gasteiger partial charge < -0.3 is 11.1 Å². The lowest BCUT2D eigenvalue weighted by Gasteiger charge is -2.21. The van der Waals surface area contributed by atoms with Gasteiger partial charge in [0.2, 0.25) is 5.91 Å². The number of carbonyl (C=O) groups is 1. The highest BCUT2D eigenvalue weighted by atomic mass is 32.2. The van der Waals surface area contributed by atoms with Gasteiger partial charge in [0.05, 0.1) is 34.2 Å². The molecular weight excluding hydrogens is 328 g/mol. The second-order valence-corrected chi connectivity index (χ2v) is 8.21.